The van der Waals surface area contributed by atoms with E-state index in [-0.39, 0.29) is 23.8 Å². The van der Waals surface area contributed by atoms with Crippen molar-refractivity contribution in [2.24, 2.45) is 12.1 Å². The van der Waals surface area contributed by atoms with Gasteiger partial charge in [0.1, 0.15) is 0 Å². The molecule has 0 saturated carbocycles. The zero-order valence-corrected chi connectivity index (χ0v) is 16.7. The molecule has 0 radical (unpaired) electrons. The van der Waals surface area contributed by atoms with Gasteiger partial charge in [0.25, 0.3) is 0 Å². The van der Waals surface area contributed by atoms with Crippen molar-refractivity contribution in [2.75, 3.05) is 6.54 Å². The summed E-state index contributed by atoms with van der Waals surface area (Å²) in [5.74, 6) is -0.383. The molecule has 0 fully saturated rings. The molecular weight excluding hydrogens is 408 g/mol. The van der Waals surface area contributed by atoms with Gasteiger partial charge in [-0.15, -0.1) is 5.10 Å². The van der Waals surface area contributed by atoms with Gasteiger partial charge < -0.3 is 4.57 Å². The SMILES string of the molecule is Cn1/c(=N\NC(=O)CCNS(=O)(=O)c2ccc(Cl)cc2)sc2ccccc21. The van der Waals surface area contributed by atoms with Crippen LogP contribution in [0.4, 0.5) is 0 Å². The topological polar surface area (TPSA) is 92.6 Å². The van der Waals surface area contributed by atoms with Crippen LogP contribution in [0.1, 0.15) is 6.42 Å². The summed E-state index contributed by atoms with van der Waals surface area (Å²) < 4.78 is 29.6. The van der Waals surface area contributed by atoms with Crippen LogP contribution in [0.15, 0.2) is 58.5 Å². The Morgan fingerprint density at radius 1 is 1.19 bits per heavy atom. The Kier molecular flexibility index (Phi) is 5.95. The van der Waals surface area contributed by atoms with Crippen LogP contribution in [-0.2, 0) is 21.9 Å². The second-order valence-electron chi connectivity index (χ2n) is 5.66. The van der Waals surface area contributed by atoms with Gasteiger partial charge in [0, 0.05) is 25.0 Å². The third kappa shape index (κ3) is 4.75. The number of carbonyl (C=O) groups excluding carboxylic acids is 1. The van der Waals surface area contributed by atoms with Crippen LogP contribution < -0.4 is 14.9 Å². The molecule has 1 amide bonds. The number of halogens is 1. The summed E-state index contributed by atoms with van der Waals surface area (Å²) in [6.45, 7) is -0.0369. The Hall–Kier alpha value is -2.20. The van der Waals surface area contributed by atoms with Crippen LogP contribution in [0.25, 0.3) is 10.2 Å². The number of aromatic nitrogens is 1. The highest BCUT2D eigenvalue weighted by Gasteiger charge is 2.14. The first-order valence-electron chi connectivity index (χ1n) is 7.99. The second kappa shape index (κ2) is 8.22. The third-order valence-corrected chi connectivity index (χ3v) is 6.60. The molecule has 27 heavy (non-hydrogen) atoms. The molecule has 3 aromatic rings. The average molecular weight is 425 g/mol. The van der Waals surface area contributed by atoms with Crippen LogP contribution in [0, 0.1) is 0 Å². The number of para-hydroxylation sites is 1. The van der Waals surface area contributed by atoms with Crippen molar-refractivity contribution in [1.29, 1.82) is 0 Å². The lowest BCUT2D eigenvalue weighted by Crippen LogP contribution is -2.30. The predicted molar refractivity (Wildman–Crippen MR) is 106 cm³/mol. The van der Waals surface area contributed by atoms with Gasteiger partial charge in [-0.3, -0.25) is 4.79 Å². The van der Waals surface area contributed by atoms with E-state index in [1.807, 2.05) is 35.9 Å². The first-order valence-corrected chi connectivity index (χ1v) is 10.7. The molecule has 3 rings (SSSR count). The fourth-order valence-electron chi connectivity index (χ4n) is 2.35. The van der Waals surface area contributed by atoms with Crippen LogP contribution >= 0.6 is 22.9 Å². The summed E-state index contributed by atoms with van der Waals surface area (Å²) in [4.78, 5) is 12.7. The maximum atomic E-state index is 12.1. The maximum absolute atomic E-state index is 12.1. The van der Waals surface area contributed by atoms with E-state index in [2.05, 4.69) is 15.2 Å². The molecule has 0 aliphatic heterocycles. The number of hydrogen-bond donors (Lipinski definition) is 2. The van der Waals surface area contributed by atoms with Gasteiger partial charge in [-0.2, -0.15) is 0 Å². The molecule has 0 aliphatic rings. The highest BCUT2D eigenvalue weighted by Crippen LogP contribution is 2.15. The summed E-state index contributed by atoms with van der Waals surface area (Å²) in [7, 11) is -1.82. The number of aryl methyl sites for hydroxylation is 1. The van der Waals surface area contributed by atoms with Crippen LogP contribution in [-0.4, -0.2) is 25.4 Å². The first-order chi connectivity index (χ1) is 12.9. The van der Waals surface area contributed by atoms with Gasteiger partial charge in [0.05, 0.1) is 15.1 Å². The van der Waals surface area contributed by atoms with Crippen molar-refractivity contribution in [2.45, 2.75) is 11.3 Å². The van der Waals surface area contributed by atoms with Crippen molar-refractivity contribution in [3.05, 3.63) is 58.4 Å². The summed E-state index contributed by atoms with van der Waals surface area (Å²) in [5, 5.41) is 4.56. The summed E-state index contributed by atoms with van der Waals surface area (Å²) in [6.07, 6.45) is -0.0368. The lowest BCUT2D eigenvalue weighted by atomic mass is 10.3. The minimum atomic E-state index is -3.69. The number of fused-ring (bicyclic) bond motifs is 1. The minimum absolute atomic E-state index is 0.0368. The number of nitrogens with one attached hydrogen (secondary N) is 2. The number of benzene rings is 2. The molecule has 0 bridgehead atoms. The Bertz CT molecular complexity index is 1130. The lowest BCUT2D eigenvalue weighted by molar-refractivity contribution is -0.121. The molecule has 1 heterocycles. The van der Waals surface area contributed by atoms with E-state index in [0.29, 0.717) is 9.82 Å². The van der Waals surface area contributed by atoms with Crippen molar-refractivity contribution in [3.63, 3.8) is 0 Å². The second-order valence-corrected chi connectivity index (χ2v) is 8.87. The van der Waals surface area contributed by atoms with Gasteiger partial charge in [-0.25, -0.2) is 18.6 Å². The summed E-state index contributed by atoms with van der Waals surface area (Å²) >= 11 is 7.20. The normalized spacial score (nSPS) is 12.4. The molecule has 0 saturated heterocycles. The van der Waals surface area contributed by atoms with Crippen LogP contribution in [0.3, 0.4) is 0 Å². The summed E-state index contributed by atoms with van der Waals surface area (Å²) in [5.41, 5.74) is 3.48. The fourth-order valence-corrected chi connectivity index (χ4v) is 4.49. The zero-order valence-electron chi connectivity index (χ0n) is 14.3. The lowest BCUT2D eigenvalue weighted by Gasteiger charge is -2.06. The van der Waals surface area contributed by atoms with Gasteiger partial charge >= 0.3 is 0 Å². The molecular formula is C17H17ClN4O3S2. The van der Waals surface area contributed by atoms with Gasteiger partial charge in [-0.1, -0.05) is 35.1 Å². The van der Waals surface area contributed by atoms with Crippen LogP contribution in [0.5, 0.6) is 0 Å². The van der Waals surface area contributed by atoms with Crippen LogP contribution in [0.2, 0.25) is 5.02 Å². The molecule has 0 spiro atoms. The standard InChI is InChI=1S/C17H17ClN4O3S2/c1-22-14-4-2-3-5-15(14)26-17(22)21-20-16(23)10-11-19-27(24,25)13-8-6-12(18)7-9-13/h2-9,19H,10-11H2,1H3,(H,20,23)/b21-17+. The number of amides is 1. The molecule has 1 aromatic heterocycles. The largest absolute Gasteiger partial charge is 0.318 e. The Morgan fingerprint density at radius 3 is 2.59 bits per heavy atom. The average Bonchev–Trinajstić information content (AvgIpc) is 2.96. The minimum Gasteiger partial charge on any atom is -0.318 e. The third-order valence-electron chi connectivity index (χ3n) is 3.76. The van der Waals surface area contributed by atoms with E-state index in [1.165, 1.54) is 35.6 Å². The quantitative estimate of drug-likeness (QED) is 0.594. The van der Waals surface area contributed by atoms with E-state index in [1.54, 1.807) is 0 Å². The smallest absolute Gasteiger partial charge is 0.241 e. The fraction of sp³-hybridized carbons (Fsp3) is 0.176. The van der Waals surface area contributed by atoms with E-state index < -0.39 is 10.0 Å². The number of hydrogen-bond acceptors (Lipinski definition) is 5. The predicted octanol–water partition coefficient (Wildman–Crippen LogP) is 2.19. The number of thiazole rings is 1. The number of carbonyl (C=O) groups is 1. The van der Waals surface area contributed by atoms with Gasteiger partial charge in [0.15, 0.2) is 0 Å². The van der Waals surface area contributed by atoms with E-state index in [0.717, 1.165) is 10.2 Å². The van der Waals surface area contributed by atoms with Crippen molar-refractivity contribution in [1.82, 2.24) is 14.7 Å². The molecule has 142 valence electrons. The van der Waals surface area contributed by atoms with E-state index in [9.17, 15) is 13.2 Å². The number of rotatable bonds is 6. The molecule has 0 unspecified atom stereocenters. The van der Waals surface area contributed by atoms with Crippen molar-refractivity contribution < 1.29 is 13.2 Å². The van der Waals surface area contributed by atoms with E-state index in [4.69, 9.17) is 11.6 Å². The molecule has 0 atom stereocenters. The molecule has 10 heteroatoms. The van der Waals surface area contributed by atoms with Gasteiger partial charge in [0.2, 0.25) is 20.7 Å². The highest BCUT2D eigenvalue weighted by molar-refractivity contribution is 7.89. The number of sulfonamides is 1. The number of nitrogens with zero attached hydrogens (tertiary/aromatic N) is 2. The molecule has 7 nitrogen and oxygen atoms in total. The Morgan fingerprint density at radius 2 is 1.89 bits per heavy atom. The van der Waals surface area contributed by atoms with Crippen molar-refractivity contribution >= 4 is 49.1 Å². The Balaban J connectivity index is 1.58. The summed E-state index contributed by atoms with van der Waals surface area (Å²) in [6, 6.07) is 13.6. The molecule has 0 aliphatic carbocycles. The highest BCUT2D eigenvalue weighted by atomic mass is 35.5. The molecule has 2 N–H and O–H groups in total. The Labute approximate surface area is 165 Å². The maximum Gasteiger partial charge on any atom is 0.241 e. The monoisotopic (exact) mass is 424 g/mol. The molecule has 2 aromatic carbocycles. The van der Waals surface area contributed by atoms with E-state index >= 15 is 0 Å². The van der Waals surface area contributed by atoms with Gasteiger partial charge in [-0.05, 0) is 36.4 Å². The zero-order chi connectivity index (χ0) is 19.4. The van der Waals surface area contributed by atoms with Crippen molar-refractivity contribution in [3.8, 4) is 0 Å². The first kappa shape index (κ1) is 19.6.